The van der Waals surface area contributed by atoms with Crippen LogP contribution < -0.4 is 10.5 Å². The van der Waals surface area contributed by atoms with Crippen molar-refractivity contribution in [2.75, 3.05) is 5.73 Å². The van der Waals surface area contributed by atoms with Gasteiger partial charge in [-0.1, -0.05) is 32.0 Å². The lowest BCUT2D eigenvalue weighted by Gasteiger charge is -2.15. The van der Waals surface area contributed by atoms with Gasteiger partial charge in [0.1, 0.15) is 11.5 Å². The van der Waals surface area contributed by atoms with Crippen LogP contribution >= 0.6 is 0 Å². The van der Waals surface area contributed by atoms with E-state index in [-0.39, 0.29) is 0 Å². The largest absolute Gasteiger partial charge is 0.457 e. The van der Waals surface area contributed by atoms with Crippen molar-refractivity contribution in [1.82, 2.24) is 0 Å². The average Bonchev–Trinajstić information content (AvgIpc) is 2.41. The van der Waals surface area contributed by atoms with Crippen LogP contribution in [0.2, 0.25) is 0 Å². The molecule has 1 atom stereocenters. The molecule has 2 rings (SSSR count). The first-order valence-electron chi connectivity index (χ1n) is 6.33. The summed E-state index contributed by atoms with van der Waals surface area (Å²) in [5, 5.41) is 0. The molecule has 18 heavy (non-hydrogen) atoms. The fourth-order valence-corrected chi connectivity index (χ4v) is 1.86. The summed E-state index contributed by atoms with van der Waals surface area (Å²) >= 11 is 0. The molecule has 0 aliphatic heterocycles. The number of hydrogen-bond donors (Lipinski definition) is 1. The zero-order chi connectivity index (χ0) is 13.0. The summed E-state index contributed by atoms with van der Waals surface area (Å²) in [5.74, 6) is 2.24. The van der Waals surface area contributed by atoms with Crippen LogP contribution in [0.25, 0.3) is 0 Å². The smallest absolute Gasteiger partial charge is 0.130 e. The molecule has 1 unspecified atom stereocenters. The number of anilines is 1. The average molecular weight is 241 g/mol. The summed E-state index contributed by atoms with van der Waals surface area (Å²) in [6, 6.07) is 15.7. The summed E-state index contributed by atoms with van der Waals surface area (Å²) in [6.07, 6.45) is 1.10. The number of rotatable bonds is 4. The molecule has 0 radical (unpaired) electrons. The van der Waals surface area contributed by atoms with E-state index in [9.17, 15) is 0 Å². The molecule has 94 valence electrons. The lowest BCUT2D eigenvalue weighted by atomic mass is 9.98. The summed E-state index contributed by atoms with van der Waals surface area (Å²) in [5.41, 5.74) is 7.66. The molecule has 2 aromatic carbocycles. The van der Waals surface area contributed by atoms with E-state index in [2.05, 4.69) is 26.0 Å². The Hall–Kier alpha value is -1.96. The molecule has 2 nitrogen and oxygen atoms in total. The first kappa shape index (κ1) is 12.5. The molecule has 0 bridgehead atoms. The number of para-hydroxylation sites is 1. The van der Waals surface area contributed by atoms with Crippen LogP contribution in [0.15, 0.2) is 48.5 Å². The highest BCUT2D eigenvalue weighted by Crippen LogP contribution is 2.32. The number of nitrogen functional groups attached to an aromatic ring is 1. The Labute approximate surface area is 108 Å². The minimum Gasteiger partial charge on any atom is -0.457 e. The minimum atomic E-state index is 0.495. The van der Waals surface area contributed by atoms with Crippen molar-refractivity contribution in [3.05, 3.63) is 54.1 Å². The van der Waals surface area contributed by atoms with Crippen molar-refractivity contribution in [2.45, 2.75) is 26.2 Å². The van der Waals surface area contributed by atoms with E-state index < -0.39 is 0 Å². The molecule has 0 saturated carbocycles. The zero-order valence-electron chi connectivity index (χ0n) is 10.9. The predicted octanol–water partition coefficient (Wildman–Crippen LogP) is 4.57. The highest BCUT2D eigenvalue weighted by atomic mass is 16.5. The maximum absolute atomic E-state index is 5.93. The van der Waals surface area contributed by atoms with E-state index in [1.165, 1.54) is 5.56 Å². The second kappa shape index (κ2) is 5.58. The van der Waals surface area contributed by atoms with Crippen molar-refractivity contribution < 1.29 is 4.74 Å². The molecule has 0 spiro atoms. The van der Waals surface area contributed by atoms with E-state index >= 15 is 0 Å². The molecule has 2 aromatic rings. The topological polar surface area (TPSA) is 35.2 Å². The molecule has 2 heteroatoms. The number of benzene rings is 2. The summed E-state index contributed by atoms with van der Waals surface area (Å²) in [6.45, 7) is 4.40. The van der Waals surface area contributed by atoms with Gasteiger partial charge >= 0.3 is 0 Å². The fraction of sp³-hybridized carbons (Fsp3) is 0.250. The van der Waals surface area contributed by atoms with Crippen LogP contribution in [0.3, 0.4) is 0 Å². The third-order valence-corrected chi connectivity index (χ3v) is 3.17. The molecule has 0 heterocycles. The van der Waals surface area contributed by atoms with Gasteiger partial charge in [-0.05, 0) is 48.2 Å². The normalized spacial score (nSPS) is 12.1. The lowest BCUT2D eigenvalue weighted by Crippen LogP contribution is -1.96. The van der Waals surface area contributed by atoms with Crippen LogP contribution in [0.1, 0.15) is 31.7 Å². The van der Waals surface area contributed by atoms with Gasteiger partial charge in [-0.3, -0.25) is 0 Å². The van der Waals surface area contributed by atoms with Gasteiger partial charge < -0.3 is 10.5 Å². The quantitative estimate of drug-likeness (QED) is 0.795. The van der Waals surface area contributed by atoms with Gasteiger partial charge in [-0.2, -0.15) is 0 Å². The van der Waals surface area contributed by atoms with Crippen LogP contribution in [0.5, 0.6) is 11.5 Å². The molecule has 0 fully saturated rings. The van der Waals surface area contributed by atoms with Gasteiger partial charge in [0.15, 0.2) is 0 Å². The summed E-state index contributed by atoms with van der Waals surface area (Å²) < 4.78 is 5.93. The fourth-order valence-electron chi connectivity index (χ4n) is 1.86. The second-order valence-corrected chi connectivity index (χ2v) is 4.52. The van der Waals surface area contributed by atoms with Crippen molar-refractivity contribution in [3.63, 3.8) is 0 Å². The van der Waals surface area contributed by atoms with Gasteiger partial charge in [0.25, 0.3) is 0 Å². The Morgan fingerprint density at radius 3 is 2.39 bits per heavy atom. The van der Waals surface area contributed by atoms with Crippen LogP contribution in [-0.4, -0.2) is 0 Å². The third-order valence-electron chi connectivity index (χ3n) is 3.17. The highest BCUT2D eigenvalue weighted by Gasteiger charge is 2.09. The Morgan fingerprint density at radius 1 is 1.06 bits per heavy atom. The van der Waals surface area contributed by atoms with Gasteiger partial charge in [0.2, 0.25) is 0 Å². The van der Waals surface area contributed by atoms with Gasteiger partial charge in [-0.25, -0.2) is 0 Å². The lowest BCUT2D eigenvalue weighted by molar-refractivity contribution is 0.470. The standard InChI is InChI=1S/C16H19NO/c1-3-12(2)15-6-4-5-7-16(15)18-14-10-8-13(17)9-11-14/h4-12H,3,17H2,1-2H3. The van der Waals surface area contributed by atoms with Crippen LogP contribution in [-0.2, 0) is 0 Å². The van der Waals surface area contributed by atoms with E-state index in [1.807, 2.05) is 36.4 Å². The molecule has 0 aliphatic rings. The molecular weight excluding hydrogens is 222 g/mol. The molecule has 0 saturated heterocycles. The Kier molecular flexibility index (Phi) is 3.88. The van der Waals surface area contributed by atoms with Crippen molar-refractivity contribution in [2.24, 2.45) is 0 Å². The maximum Gasteiger partial charge on any atom is 0.130 e. The molecule has 2 N–H and O–H groups in total. The number of nitrogens with two attached hydrogens (primary N) is 1. The molecule has 0 aromatic heterocycles. The Morgan fingerprint density at radius 2 is 1.72 bits per heavy atom. The van der Waals surface area contributed by atoms with E-state index in [1.54, 1.807) is 0 Å². The third kappa shape index (κ3) is 2.83. The van der Waals surface area contributed by atoms with E-state index in [0.717, 1.165) is 23.6 Å². The predicted molar refractivity (Wildman–Crippen MR) is 76.1 cm³/mol. The molecule has 0 aliphatic carbocycles. The van der Waals surface area contributed by atoms with Crippen LogP contribution in [0.4, 0.5) is 5.69 Å². The van der Waals surface area contributed by atoms with Crippen molar-refractivity contribution in [3.8, 4) is 11.5 Å². The second-order valence-electron chi connectivity index (χ2n) is 4.52. The zero-order valence-corrected chi connectivity index (χ0v) is 10.9. The number of hydrogen-bond acceptors (Lipinski definition) is 2. The highest BCUT2D eigenvalue weighted by molar-refractivity contribution is 5.44. The Bertz CT molecular complexity index is 505. The monoisotopic (exact) mass is 241 g/mol. The first-order chi connectivity index (χ1) is 8.70. The summed E-state index contributed by atoms with van der Waals surface area (Å²) in [7, 11) is 0. The molecular formula is C16H19NO. The van der Waals surface area contributed by atoms with Crippen molar-refractivity contribution >= 4 is 5.69 Å². The SMILES string of the molecule is CCC(C)c1ccccc1Oc1ccc(N)cc1. The summed E-state index contributed by atoms with van der Waals surface area (Å²) in [4.78, 5) is 0. The maximum atomic E-state index is 5.93. The van der Waals surface area contributed by atoms with E-state index in [0.29, 0.717) is 5.92 Å². The Balaban J connectivity index is 2.26. The van der Waals surface area contributed by atoms with Crippen molar-refractivity contribution in [1.29, 1.82) is 0 Å². The van der Waals surface area contributed by atoms with Gasteiger partial charge in [0.05, 0.1) is 0 Å². The van der Waals surface area contributed by atoms with Gasteiger partial charge in [-0.15, -0.1) is 0 Å². The molecule has 0 amide bonds. The number of ether oxygens (including phenoxy) is 1. The first-order valence-corrected chi connectivity index (χ1v) is 6.33. The minimum absolute atomic E-state index is 0.495. The van der Waals surface area contributed by atoms with Crippen LogP contribution in [0, 0.1) is 0 Å². The van der Waals surface area contributed by atoms with Gasteiger partial charge in [0, 0.05) is 5.69 Å². The van der Waals surface area contributed by atoms with E-state index in [4.69, 9.17) is 10.5 Å².